The fraction of sp³-hybridized carbons (Fsp3) is 0.217. The van der Waals surface area contributed by atoms with Gasteiger partial charge in [-0.25, -0.2) is 8.42 Å². The zero-order chi connectivity index (χ0) is 22.1. The molecule has 0 unspecified atom stereocenters. The summed E-state index contributed by atoms with van der Waals surface area (Å²) in [6, 6.07) is 18.2. The van der Waals surface area contributed by atoms with Crippen LogP contribution in [-0.2, 0) is 21.3 Å². The van der Waals surface area contributed by atoms with Gasteiger partial charge in [0.05, 0.1) is 29.5 Å². The highest BCUT2D eigenvalue weighted by Crippen LogP contribution is 2.31. The van der Waals surface area contributed by atoms with E-state index in [0.717, 1.165) is 11.1 Å². The molecule has 32 heavy (non-hydrogen) atoms. The highest BCUT2D eigenvalue weighted by Gasteiger charge is 2.30. The molecule has 5 rings (SSSR count). The summed E-state index contributed by atoms with van der Waals surface area (Å²) < 4.78 is 33.1. The summed E-state index contributed by atoms with van der Waals surface area (Å²) in [6.07, 6.45) is 0. The van der Waals surface area contributed by atoms with Crippen LogP contribution in [0.5, 0.6) is 0 Å². The number of rotatable bonds is 4. The lowest BCUT2D eigenvalue weighted by molar-refractivity contribution is 0.0730. The smallest absolute Gasteiger partial charge is 0.289 e. The van der Waals surface area contributed by atoms with Crippen LogP contribution >= 0.6 is 11.3 Å². The van der Waals surface area contributed by atoms with Crippen molar-refractivity contribution in [1.29, 1.82) is 0 Å². The average molecular weight is 468 g/mol. The predicted molar refractivity (Wildman–Crippen MR) is 124 cm³/mol. The molecule has 2 aliphatic heterocycles. The molecule has 1 aromatic heterocycles. The lowest BCUT2D eigenvalue weighted by Crippen LogP contribution is -2.40. The normalized spacial score (nSPS) is 18.1. The molecule has 3 aromatic rings. The van der Waals surface area contributed by atoms with Crippen molar-refractivity contribution in [3.63, 3.8) is 0 Å². The zero-order valence-electron chi connectivity index (χ0n) is 17.2. The maximum Gasteiger partial charge on any atom is 0.289 e. The number of benzene rings is 2. The van der Waals surface area contributed by atoms with Gasteiger partial charge in [0.15, 0.2) is 0 Å². The van der Waals surface area contributed by atoms with E-state index in [4.69, 9.17) is 4.74 Å². The predicted octanol–water partition coefficient (Wildman–Crippen LogP) is 3.38. The first-order valence-electron chi connectivity index (χ1n) is 10.2. The van der Waals surface area contributed by atoms with Gasteiger partial charge in [-0.05, 0) is 35.2 Å². The number of fused-ring (bicyclic) bond motifs is 1. The second-order valence-electron chi connectivity index (χ2n) is 7.47. The van der Waals surface area contributed by atoms with Crippen LogP contribution in [0, 0.1) is 0 Å². The van der Waals surface area contributed by atoms with Crippen LogP contribution in [0.2, 0.25) is 0 Å². The summed E-state index contributed by atoms with van der Waals surface area (Å²) in [6.45, 7) is 1.96. The Balaban J connectivity index is 1.53. The SMILES string of the molecule is O=C(N=C1c2ccccc2CN1c1cccc(S(=O)(=O)N2CCOCC2)c1)c1cccs1. The monoisotopic (exact) mass is 467 g/mol. The van der Waals surface area contributed by atoms with Crippen molar-refractivity contribution in [2.45, 2.75) is 11.4 Å². The van der Waals surface area contributed by atoms with E-state index in [0.29, 0.717) is 49.2 Å². The molecule has 1 fully saturated rings. The molecule has 0 atom stereocenters. The van der Waals surface area contributed by atoms with Crippen LogP contribution in [0.25, 0.3) is 0 Å². The molecule has 7 nitrogen and oxygen atoms in total. The minimum Gasteiger partial charge on any atom is -0.379 e. The quantitative estimate of drug-likeness (QED) is 0.588. The van der Waals surface area contributed by atoms with Crippen LogP contribution in [0.1, 0.15) is 20.8 Å². The molecule has 164 valence electrons. The lowest BCUT2D eigenvalue weighted by atomic mass is 10.1. The summed E-state index contributed by atoms with van der Waals surface area (Å²) in [5.41, 5.74) is 2.58. The molecular weight excluding hydrogens is 446 g/mol. The number of sulfonamides is 1. The van der Waals surface area contributed by atoms with Gasteiger partial charge in [-0.2, -0.15) is 9.30 Å². The van der Waals surface area contributed by atoms with Crippen LogP contribution < -0.4 is 4.90 Å². The molecule has 0 spiro atoms. The van der Waals surface area contributed by atoms with Crippen LogP contribution in [0.4, 0.5) is 5.69 Å². The summed E-state index contributed by atoms with van der Waals surface area (Å²) in [5.74, 6) is 0.216. The summed E-state index contributed by atoms with van der Waals surface area (Å²) in [5, 5.41) is 1.84. The number of thiophene rings is 1. The maximum atomic E-state index is 13.2. The molecule has 0 saturated carbocycles. The van der Waals surface area contributed by atoms with E-state index in [1.54, 1.807) is 24.3 Å². The lowest BCUT2D eigenvalue weighted by Gasteiger charge is -2.26. The number of hydrogen-bond acceptors (Lipinski definition) is 5. The van der Waals surface area contributed by atoms with E-state index in [9.17, 15) is 13.2 Å². The first kappa shape index (κ1) is 21.0. The third-order valence-corrected chi connectivity index (χ3v) is 8.27. The Morgan fingerprint density at radius 2 is 1.81 bits per heavy atom. The van der Waals surface area contributed by atoms with Crippen molar-refractivity contribution in [2.75, 3.05) is 31.2 Å². The number of anilines is 1. The van der Waals surface area contributed by atoms with Crippen molar-refractivity contribution in [3.8, 4) is 0 Å². The third kappa shape index (κ3) is 3.88. The standard InChI is InChI=1S/C23H21N3O4S2/c27-23(21-9-4-14-31-21)24-22-20-8-2-1-5-17(20)16-26(22)18-6-3-7-19(15-18)32(28,29)25-10-12-30-13-11-25/h1-9,14-15H,10-13,16H2. The van der Waals surface area contributed by atoms with Gasteiger partial charge < -0.3 is 9.64 Å². The summed E-state index contributed by atoms with van der Waals surface area (Å²) in [4.78, 5) is 19.9. The van der Waals surface area contributed by atoms with Gasteiger partial charge in [0.25, 0.3) is 5.91 Å². The van der Waals surface area contributed by atoms with Gasteiger partial charge in [0.2, 0.25) is 10.0 Å². The van der Waals surface area contributed by atoms with Gasteiger partial charge in [-0.1, -0.05) is 36.4 Å². The largest absolute Gasteiger partial charge is 0.379 e. The Hall–Kier alpha value is -2.85. The van der Waals surface area contributed by atoms with E-state index < -0.39 is 10.0 Å². The summed E-state index contributed by atoms with van der Waals surface area (Å²) >= 11 is 1.34. The molecule has 2 aliphatic rings. The van der Waals surface area contributed by atoms with Crippen molar-refractivity contribution in [1.82, 2.24) is 4.31 Å². The number of ether oxygens (including phenoxy) is 1. The van der Waals surface area contributed by atoms with Crippen molar-refractivity contribution in [2.24, 2.45) is 4.99 Å². The molecule has 1 saturated heterocycles. The molecule has 0 N–H and O–H groups in total. The van der Waals surface area contributed by atoms with Crippen molar-refractivity contribution >= 4 is 38.8 Å². The van der Waals surface area contributed by atoms with Crippen LogP contribution in [0.15, 0.2) is 75.9 Å². The van der Waals surface area contributed by atoms with Gasteiger partial charge in [-0.3, -0.25) is 4.79 Å². The second kappa shape index (κ2) is 8.59. The highest BCUT2D eigenvalue weighted by atomic mass is 32.2. The maximum absolute atomic E-state index is 13.2. The number of carbonyl (C=O) groups excluding carboxylic acids is 1. The summed E-state index contributed by atoms with van der Waals surface area (Å²) in [7, 11) is -3.64. The Morgan fingerprint density at radius 3 is 2.59 bits per heavy atom. The number of hydrogen-bond donors (Lipinski definition) is 0. The van der Waals surface area contributed by atoms with E-state index >= 15 is 0 Å². The minimum absolute atomic E-state index is 0.219. The molecule has 0 aliphatic carbocycles. The van der Waals surface area contributed by atoms with Crippen molar-refractivity contribution < 1.29 is 17.9 Å². The number of nitrogens with zero attached hydrogens (tertiary/aromatic N) is 3. The zero-order valence-corrected chi connectivity index (χ0v) is 18.8. The first-order valence-corrected chi connectivity index (χ1v) is 12.6. The minimum atomic E-state index is -3.64. The Bertz CT molecular complexity index is 1280. The van der Waals surface area contributed by atoms with Crippen LogP contribution in [0.3, 0.4) is 0 Å². The van der Waals surface area contributed by atoms with Gasteiger partial charge in [0, 0.05) is 24.3 Å². The highest BCUT2D eigenvalue weighted by molar-refractivity contribution is 7.89. The van der Waals surface area contributed by atoms with E-state index in [1.807, 2.05) is 46.7 Å². The number of amidine groups is 1. The number of morpholine rings is 1. The molecule has 9 heteroatoms. The number of aliphatic imine (C=N–C) groups is 1. The van der Waals surface area contributed by atoms with E-state index in [-0.39, 0.29) is 10.8 Å². The fourth-order valence-electron chi connectivity index (χ4n) is 3.90. The molecule has 0 radical (unpaired) electrons. The Labute approximate surface area is 190 Å². The first-order chi connectivity index (χ1) is 15.5. The topological polar surface area (TPSA) is 79.3 Å². The van der Waals surface area contributed by atoms with Crippen molar-refractivity contribution in [3.05, 3.63) is 82.0 Å². The second-order valence-corrected chi connectivity index (χ2v) is 10.4. The number of amides is 1. The third-order valence-electron chi connectivity index (χ3n) is 5.52. The molecular formula is C23H21N3O4S2. The van der Waals surface area contributed by atoms with Gasteiger partial charge in [-0.15, -0.1) is 11.3 Å². The van der Waals surface area contributed by atoms with E-state index in [1.165, 1.54) is 15.6 Å². The van der Waals surface area contributed by atoms with Crippen LogP contribution in [-0.4, -0.2) is 50.8 Å². The van der Waals surface area contributed by atoms with Gasteiger partial charge >= 0.3 is 0 Å². The number of carbonyl (C=O) groups is 1. The molecule has 0 bridgehead atoms. The Kier molecular flexibility index (Phi) is 5.64. The molecule has 2 aromatic carbocycles. The van der Waals surface area contributed by atoms with Gasteiger partial charge in [0.1, 0.15) is 5.84 Å². The fourth-order valence-corrected chi connectivity index (χ4v) is 5.96. The molecule has 1 amide bonds. The molecule has 3 heterocycles. The average Bonchev–Trinajstić information content (AvgIpc) is 3.49. The van der Waals surface area contributed by atoms with E-state index in [2.05, 4.69) is 4.99 Å². The Morgan fingerprint density at radius 1 is 1.00 bits per heavy atom.